The van der Waals surface area contributed by atoms with Crippen LogP contribution in [0.5, 0.6) is 11.5 Å². The van der Waals surface area contributed by atoms with Gasteiger partial charge in [0.2, 0.25) is 5.91 Å². The van der Waals surface area contributed by atoms with E-state index in [0.717, 1.165) is 12.8 Å². The highest BCUT2D eigenvalue weighted by Crippen LogP contribution is 2.35. The molecule has 2 N–H and O–H groups in total. The highest BCUT2D eigenvalue weighted by molar-refractivity contribution is 5.75. The van der Waals surface area contributed by atoms with E-state index in [-0.39, 0.29) is 55.7 Å². The lowest BCUT2D eigenvalue weighted by Crippen LogP contribution is -2.35. The summed E-state index contributed by atoms with van der Waals surface area (Å²) in [6.07, 6.45) is 2.96. The number of ether oxygens (including phenoxy) is 4. The van der Waals surface area contributed by atoms with Gasteiger partial charge in [-0.15, -0.1) is 0 Å². The van der Waals surface area contributed by atoms with Crippen LogP contribution in [0.2, 0.25) is 0 Å². The molecule has 0 radical (unpaired) electrons. The van der Waals surface area contributed by atoms with Crippen LogP contribution >= 0.6 is 0 Å². The topological polar surface area (TPSA) is 138 Å². The molecule has 0 aliphatic rings. The lowest BCUT2D eigenvalue weighted by atomic mass is 10.1. The summed E-state index contributed by atoms with van der Waals surface area (Å²) in [5.41, 5.74) is 0.212. The Morgan fingerprint density at radius 2 is 1.79 bits per heavy atom. The Morgan fingerprint density at radius 3 is 2.42 bits per heavy atom. The van der Waals surface area contributed by atoms with Crippen molar-refractivity contribution in [3.8, 4) is 11.5 Å². The lowest BCUT2D eigenvalue weighted by molar-refractivity contribution is -0.385. The summed E-state index contributed by atoms with van der Waals surface area (Å²) in [5, 5.41) is 16.7. The number of rotatable bonds is 19. The summed E-state index contributed by atoms with van der Waals surface area (Å²) < 4.78 is 22.0. The number of nitrogens with zero attached hydrogens (tertiary/aromatic N) is 1. The van der Waals surface area contributed by atoms with Crippen LogP contribution in [-0.4, -0.2) is 62.5 Å². The molecule has 0 saturated heterocycles. The van der Waals surface area contributed by atoms with E-state index in [9.17, 15) is 19.7 Å². The van der Waals surface area contributed by atoms with Gasteiger partial charge < -0.3 is 29.6 Å². The first-order valence-electron chi connectivity index (χ1n) is 13.3. The second-order valence-electron chi connectivity index (χ2n) is 10.0. The number of methoxy groups -OCH3 is 1. The monoisotopic (exact) mass is 539 g/mol. The number of nitro benzene ring substituents is 1. The summed E-state index contributed by atoms with van der Waals surface area (Å²) in [7, 11) is 1.48. The SMILES string of the molecule is CCCc1cc(OC)c(OCCCC(=O)NCCNC(=O)OCCC(C)(C)OCCC(C)C)cc1[N+](=O)[O-]. The number of aryl methyl sites for hydroxylation is 1. The summed E-state index contributed by atoms with van der Waals surface area (Å²) in [5.74, 6) is 1.07. The van der Waals surface area contributed by atoms with E-state index >= 15 is 0 Å². The van der Waals surface area contributed by atoms with Gasteiger partial charge in [-0.1, -0.05) is 27.2 Å². The number of carbonyl (C=O) groups excluding carboxylic acids is 2. The standard InChI is InChI=1S/C27H45N3O8/c1-7-9-21-18-23(35-6)24(19-22(21)30(33)34)36-15-8-10-25(31)28-13-14-29-26(32)37-17-12-27(4,5)38-16-11-20(2)3/h18-20H,7-17H2,1-6H3,(H,28,31)(H,29,32). The van der Waals surface area contributed by atoms with Gasteiger partial charge in [-0.25, -0.2) is 4.79 Å². The summed E-state index contributed by atoms with van der Waals surface area (Å²) in [6.45, 7) is 11.8. The van der Waals surface area contributed by atoms with Gasteiger partial charge in [-0.3, -0.25) is 14.9 Å². The molecule has 1 aromatic rings. The van der Waals surface area contributed by atoms with Crippen molar-refractivity contribution in [2.45, 2.75) is 78.7 Å². The first kappa shape index (κ1) is 32.9. The van der Waals surface area contributed by atoms with Crippen LogP contribution < -0.4 is 20.1 Å². The summed E-state index contributed by atoms with van der Waals surface area (Å²) in [4.78, 5) is 34.9. The van der Waals surface area contributed by atoms with Crippen molar-refractivity contribution in [2.24, 2.45) is 5.92 Å². The third-order valence-corrected chi connectivity index (χ3v) is 5.73. The number of carbonyl (C=O) groups is 2. The number of nitro groups is 1. The number of alkyl carbamates (subject to hydrolysis) is 1. The minimum absolute atomic E-state index is 0.00916. The zero-order valence-electron chi connectivity index (χ0n) is 23.7. The molecule has 1 rings (SSSR count). The predicted octanol–water partition coefficient (Wildman–Crippen LogP) is 4.79. The number of amides is 2. The Kier molecular flexibility index (Phi) is 15.1. The Morgan fingerprint density at radius 1 is 1.08 bits per heavy atom. The van der Waals surface area contributed by atoms with Crippen molar-refractivity contribution in [3.63, 3.8) is 0 Å². The molecule has 0 aliphatic heterocycles. The number of hydrogen-bond acceptors (Lipinski definition) is 8. The zero-order valence-corrected chi connectivity index (χ0v) is 23.7. The van der Waals surface area contributed by atoms with E-state index in [0.29, 0.717) is 43.1 Å². The molecule has 38 heavy (non-hydrogen) atoms. The van der Waals surface area contributed by atoms with Crippen molar-refractivity contribution in [1.29, 1.82) is 0 Å². The fourth-order valence-corrected chi connectivity index (χ4v) is 3.46. The third-order valence-electron chi connectivity index (χ3n) is 5.73. The normalized spacial score (nSPS) is 11.2. The van der Waals surface area contributed by atoms with Gasteiger partial charge in [0.15, 0.2) is 11.5 Å². The number of nitrogens with one attached hydrogen (secondary N) is 2. The van der Waals surface area contributed by atoms with Gasteiger partial charge in [0, 0.05) is 38.1 Å². The van der Waals surface area contributed by atoms with Gasteiger partial charge >= 0.3 is 6.09 Å². The molecule has 11 nitrogen and oxygen atoms in total. The average Bonchev–Trinajstić information content (AvgIpc) is 2.84. The molecule has 0 fully saturated rings. The molecular weight excluding hydrogens is 494 g/mol. The fourth-order valence-electron chi connectivity index (χ4n) is 3.46. The maximum absolute atomic E-state index is 12.1. The van der Waals surface area contributed by atoms with Crippen molar-refractivity contribution in [1.82, 2.24) is 10.6 Å². The van der Waals surface area contributed by atoms with E-state index in [1.165, 1.54) is 13.2 Å². The minimum Gasteiger partial charge on any atom is -0.493 e. The lowest BCUT2D eigenvalue weighted by Gasteiger charge is -2.25. The fraction of sp³-hybridized carbons (Fsp3) is 0.704. The molecular formula is C27H45N3O8. The Hall–Kier alpha value is -3.08. The maximum atomic E-state index is 12.1. The summed E-state index contributed by atoms with van der Waals surface area (Å²) >= 11 is 0. The minimum atomic E-state index is -0.543. The summed E-state index contributed by atoms with van der Waals surface area (Å²) in [6, 6.07) is 3.00. The first-order valence-corrected chi connectivity index (χ1v) is 13.3. The molecule has 0 atom stereocenters. The second kappa shape index (κ2) is 17.4. The molecule has 0 aliphatic carbocycles. The van der Waals surface area contributed by atoms with Gasteiger partial charge in [0.05, 0.1) is 36.9 Å². The van der Waals surface area contributed by atoms with Crippen molar-refractivity contribution in [2.75, 3.05) is 40.0 Å². The molecule has 0 bridgehead atoms. The van der Waals surface area contributed by atoms with E-state index in [2.05, 4.69) is 24.5 Å². The molecule has 2 amide bonds. The predicted molar refractivity (Wildman–Crippen MR) is 145 cm³/mol. The highest BCUT2D eigenvalue weighted by Gasteiger charge is 2.20. The van der Waals surface area contributed by atoms with E-state index in [1.807, 2.05) is 20.8 Å². The smallest absolute Gasteiger partial charge is 0.407 e. The molecule has 1 aromatic carbocycles. The molecule has 0 heterocycles. The zero-order chi connectivity index (χ0) is 28.6. The van der Waals surface area contributed by atoms with Gasteiger partial charge in [-0.05, 0) is 45.1 Å². The molecule has 216 valence electrons. The van der Waals surface area contributed by atoms with Crippen molar-refractivity contribution >= 4 is 17.7 Å². The largest absolute Gasteiger partial charge is 0.493 e. The average molecular weight is 540 g/mol. The van der Waals surface area contributed by atoms with Crippen molar-refractivity contribution in [3.05, 3.63) is 27.8 Å². The van der Waals surface area contributed by atoms with Gasteiger partial charge in [-0.2, -0.15) is 0 Å². The van der Waals surface area contributed by atoms with E-state index in [1.54, 1.807) is 6.07 Å². The van der Waals surface area contributed by atoms with E-state index < -0.39 is 11.0 Å². The Bertz CT molecular complexity index is 889. The Balaban J connectivity index is 2.26. The van der Waals surface area contributed by atoms with Gasteiger partial charge in [0.1, 0.15) is 0 Å². The van der Waals surface area contributed by atoms with Crippen LogP contribution in [0.25, 0.3) is 0 Å². The van der Waals surface area contributed by atoms with Gasteiger partial charge in [0.25, 0.3) is 5.69 Å². The second-order valence-corrected chi connectivity index (χ2v) is 10.0. The third kappa shape index (κ3) is 13.5. The number of hydrogen-bond donors (Lipinski definition) is 2. The molecule has 0 aromatic heterocycles. The molecule has 0 saturated carbocycles. The van der Waals surface area contributed by atoms with Crippen LogP contribution in [0.4, 0.5) is 10.5 Å². The van der Waals surface area contributed by atoms with Crippen LogP contribution in [0.1, 0.15) is 72.3 Å². The van der Waals surface area contributed by atoms with Crippen molar-refractivity contribution < 1.29 is 33.5 Å². The first-order chi connectivity index (χ1) is 18.0. The Labute approximate surface area is 226 Å². The molecule has 0 unspecified atom stereocenters. The maximum Gasteiger partial charge on any atom is 0.407 e. The van der Waals surface area contributed by atoms with Crippen LogP contribution in [0, 0.1) is 16.0 Å². The molecule has 0 spiro atoms. The number of benzene rings is 1. The molecule has 11 heteroatoms. The quantitative estimate of drug-likeness (QED) is 0.145. The highest BCUT2D eigenvalue weighted by atomic mass is 16.6. The van der Waals surface area contributed by atoms with Crippen LogP contribution in [0.3, 0.4) is 0 Å². The van der Waals surface area contributed by atoms with Crippen LogP contribution in [-0.2, 0) is 20.7 Å². The van der Waals surface area contributed by atoms with E-state index in [4.69, 9.17) is 18.9 Å². The van der Waals surface area contributed by atoms with Crippen LogP contribution in [0.15, 0.2) is 12.1 Å².